The van der Waals surface area contributed by atoms with Crippen LogP contribution in [-0.4, -0.2) is 16.2 Å². The number of hydrogen-bond acceptors (Lipinski definition) is 4. The molecule has 17 heavy (non-hydrogen) atoms. The summed E-state index contributed by atoms with van der Waals surface area (Å²) in [4.78, 5) is 4.27. The van der Waals surface area contributed by atoms with Gasteiger partial charge < -0.3 is 0 Å². The minimum Gasteiger partial charge on any atom is -0.249 e. The second kappa shape index (κ2) is 4.25. The van der Waals surface area contributed by atoms with Crippen LogP contribution in [0.25, 0.3) is 10.8 Å². The maximum atomic E-state index is 13.2. The summed E-state index contributed by atoms with van der Waals surface area (Å²) >= 11 is 1.44. The van der Waals surface area contributed by atoms with E-state index in [0.717, 1.165) is 27.3 Å². The average molecular weight is 245 g/mol. The SMILES string of the molecule is Fc1ccc2ccnc(SC3=NN=CC3)c2c1. The molecular formula is C12H8FN3S. The summed E-state index contributed by atoms with van der Waals surface area (Å²) in [5.41, 5.74) is 0. The van der Waals surface area contributed by atoms with Gasteiger partial charge in [-0.15, -0.1) is 5.10 Å². The number of thioether (sulfide) groups is 1. The number of halogens is 1. The highest BCUT2D eigenvalue weighted by Crippen LogP contribution is 2.28. The van der Waals surface area contributed by atoms with Gasteiger partial charge in [0.25, 0.3) is 0 Å². The fraction of sp³-hybridized carbons (Fsp3) is 0.0833. The molecule has 0 amide bonds. The molecule has 3 rings (SSSR count). The standard InChI is InChI=1S/C12H8FN3S/c13-9-2-1-8-3-5-14-12(10(8)7-9)17-11-4-6-15-16-11/h1-3,5-7H,4H2. The molecule has 1 aromatic heterocycles. The van der Waals surface area contributed by atoms with E-state index < -0.39 is 0 Å². The quantitative estimate of drug-likeness (QED) is 0.773. The van der Waals surface area contributed by atoms with Crippen LogP contribution >= 0.6 is 11.8 Å². The van der Waals surface area contributed by atoms with Gasteiger partial charge in [-0.3, -0.25) is 0 Å². The Morgan fingerprint density at radius 3 is 3.00 bits per heavy atom. The molecule has 3 nitrogen and oxygen atoms in total. The van der Waals surface area contributed by atoms with Gasteiger partial charge in [-0.2, -0.15) is 5.10 Å². The van der Waals surface area contributed by atoms with Crippen LogP contribution in [0.2, 0.25) is 0 Å². The molecule has 84 valence electrons. The van der Waals surface area contributed by atoms with Gasteiger partial charge in [0.1, 0.15) is 15.9 Å². The highest BCUT2D eigenvalue weighted by Gasteiger charge is 2.10. The van der Waals surface area contributed by atoms with E-state index in [1.807, 2.05) is 6.07 Å². The van der Waals surface area contributed by atoms with Gasteiger partial charge >= 0.3 is 0 Å². The van der Waals surface area contributed by atoms with Gasteiger partial charge in [-0.05, 0) is 23.6 Å². The molecular weight excluding hydrogens is 237 g/mol. The number of rotatable bonds is 1. The molecule has 0 saturated carbocycles. The van der Waals surface area contributed by atoms with E-state index in [-0.39, 0.29) is 5.82 Å². The average Bonchev–Trinajstić information content (AvgIpc) is 2.83. The van der Waals surface area contributed by atoms with Crippen molar-refractivity contribution >= 4 is 33.8 Å². The fourth-order valence-corrected chi connectivity index (χ4v) is 2.50. The van der Waals surface area contributed by atoms with E-state index >= 15 is 0 Å². The van der Waals surface area contributed by atoms with Crippen LogP contribution in [0.1, 0.15) is 6.42 Å². The summed E-state index contributed by atoms with van der Waals surface area (Å²) in [5, 5.41) is 11.2. The van der Waals surface area contributed by atoms with Crippen LogP contribution in [0, 0.1) is 5.82 Å². The Hall–Kier alpha value is -1.75. The Kier molecular flexibility index (Phi) is 2.60. The van der Waals surface area contributed by atoms with Crippen LogP contribution in [-0.2, 0) is 0 Å². The van der Waals surface area contributed by atoms with Crippen molar-refractivity contribution < 1.29 is 4.39 Å². The lowest BCUT2D eigenvalue weighted by atomic mass is 10.2. The second-order valence-electron chi connectivity index (χ2n) is 3.58. The van der Waals surface area contributed by atoms with Crippen molar-refractivity contribution in [1.29, 1.82) is 0 Å². The van der Waals surface area contributed by atoms with Crippen molar-refractivity contribution in [2.24, 2.45) is 10.2 Å². The minimum atomic E-state index is -0.253. The van der Waals surface area contributed by atoms with Crippen LogP contribution in [0.15, 0.2) is 45.7 Å². The van der Waals surface area contributed by atoms with Gasteiger partial charge in [-0.1, -0.05) is 17.8 Å². The zero-order valence-electron chi connectivity index (χ0n) is 8.80. The summed E-state index contributed by atoms with van der Waals surface area (Å²) in [6, 6.07) is 6.57. The van der Waals surface area contributed by atoms with E-state index in [0.29, 0.717) is 0 Å². The van der Waals surface area contributed by atoms with E-state index in [4.69, 9.17) is 0 Å². The third-order valence-electron chi connectivity index (χ3n) is 2.42. The molecule has 0 radical (unpaired) electrons. The molecule has 1 aliphatic heterocycles. The predicted molar refractivity (Wildman–Crippen MR) is 68.1 cm³/mol. The van der Waals surface area contributed by atoms with E-state index in [1.54, 1.807) is 18.5 Å². The van der Waals surface area contributed by atoms with Gasteiger partial charge in [-0.25, -0.2) is 9.37 Å². The monoisotopic (exact) mass is 245 g/mol. The van der Waals surface area contributed by atoms with Gasteiger partial charge in [0, 0.05) is 24.2 Å². The molecule has 0 spiro atoms. The molecule has 0 unspecified atom stereocenters. The normalized spacial score (nSPS) is 14.3. The van der Waals surface area contributed by atoms with Gasteiger partial charge in [0.05, 0.1) is 0 Å². The van der Waals surface area contributed by atoms with Crippen LogP contribution < -0.4 is 0 Å². The van der Waals surface area contributed by atoms with Gasteiger partial charge in [0.15, 0.2) is 0 Å². The Bertz CT molecular complexity index is 637. The fourth-order valence-electron chi connectivity index (χ4n) is 1.63. The minimum absolute atomic E-state index is 0.253. The van der Waals surface area contributed by atoms with E-state index in [9.17, 15) is 4.39 Å². The third kappa shape index (κ3) is 2.06. The molecule has 0 fully saturated rings. The number of fused-ring (bicyclic) bond motifs is 1. The topological polar surface area (TPSA) is 37.6 Å². The van der Waals surface area contributed by atoms with Crippen molar-refractivity contribution in [3.8, 4) is 0 Å². The molecule has 0 saturated heterocycles. The molecule has 2 heterocycles. The first-order valence-electron chi connectivity index (χ1n) is 5.13. The Morgan fingerprint density at radius 2 is 2.18 bits per heavy atom. The van der Waals surface area contributed by atoms with Crippen molar-refractivity contribution in [2.75, 3.05) is 0 Å². The summed E-state index contributed by atoms with van der Waals surface area (Å²) in [6.07, 6.45) is 4.19. The first-order chi connectivity index (χ1) is 8.33. The molecule has 0 atom stereocenters. The molecule has 1 aliphatic rings. The van der Waals surface area contributed by atoms with Crippen molar-refractivity contribution in [3.63, 3.8) is 0 Å². The largest absolute Gasteiger partial charge is 0.249 e. The maximum Gasteiger partial charge on any atom is 0.123 e. The number of hydrogen-bond donors (Lipinski definition) is 0. The molecule has 5 heteroatoms. The summed E-state index contributed by atoms with van der Waals surface area (Å²) in [6.45, 7) is 0. The van der Waals surface area contributed by atoms with E-state index in [2.05, 4.69) is 15.2 Å². The Balaban J connectivity index is 2.06. The molecule has 0 aliphatic carbocycles. The lowest BCUT2D eigenvalue weighted by Crippen LogP contribution is -1.91. The van der Waals surface area contributed by atoms with Crippen molar-refractivity contribution in [1.82, 2.24) is 4.98 Å². The van der Waals surface area contributed by atoms with Crippen molar-refractivity contribution in [2.45, 2.75) is 11.4 Å². The van der Waals surface area contributed by atoms with Crippen molar-refractivity contribution in [3.05, 3.63) is 36.3 Å². The maximum absolute atomic E-state index is 13.2. The van der Waals surface area contributed by atoms with E-state index in [1.165, 1.54) is 23.9 Å². The molecule has 0 N–H and O–H groups in total. The number of benzene rings is 1. The number of aromatic nitrogens is 1. The lowest BCUT2D eigenvalue weighted by Gasteiger charge is -2.04. The summed E-state index contributed by atoms with van der Waals surface area (Å²) in [5.74, 6) is -0.253. The van der Waals surface area contributed by atoms with Crippen LogP contribution in [0.5, 0.6) is 0 Å². The molecule has 0 bridgehead atoms. The predicted octanol–water partition coefficient (Wildman–Crippen LogP) is 3.25. The first kappa shape index (κ1) is 10.4. The first-order valence-corrected chi connectivity index (χ1v) is 5.95. The van der Waals surface area contributed by atoms with Crippen LogP contribution in [0.3, 0.4) is 0 Å². The summed E-state index contributed by atoms with van der Waals surface area (Å²) < 4.78 is 13.2. The van der Waals surface area contributed by atoms with Crippen LogP contribution in [0.4, 0.5) is 4.39 Å². The highest BCUT2D eigenvalue weighted by atomic mass is 32.2. The Labute approximate surface area is 101 Å². The second-order valence-corrected chi connectivity index (χ2v) is 4.64. The molecule has 1 aromatic carbocycles. The summed E-state index contributed by atoms with van der Waals surface area (Å²) in [7, 11) is 0. The zero-order chi connectivity index (χ0) is 11.7. The number of nitrogens with zero attached hydrogens (tertiary/aromatic N) is 3. The smallest absolute Gasteiger partial charge is 0.123 e. The zero-order valence-corrected chi connectivity index (χ0v) is 9.62. The molecule has 2 aromatic rings. The Morgan fingerprint density at radius 1 is 1.24 bits per heavy atom. The lowest BCUT2D eigenvalue weighted by molar-refractivity contribution is 0.629. The van der Waals surface area contributed by atoms with Gasteiger partial charge in [0.2, 0.25) is 0 Å². The highest BCUT2D eigenvalue weighted by molar-refractivity contribution is 8.14. The third-order valence-corrected chi connectivity index (χ3v) is 3.43. The number of pyridine rings is 1.